The van der Waals surface area contributed by atoms with E-state index in [1.165, 1.54) is 19.3 Å². The van der Waals surface area contributed by atoms with Crippen LogP contribution in [0, 0.1) is 0 Å². The smallest absolute Gasteiger partial charge is 0.229 e. The van der Waals surface area contributed by atoms with Crippen LogP contribution in [0.25, 0.3) is 0 Å². The number of carbonyl (C=O) groups excluding carboxylic acids is 1. The van der Waals surface area contributed by atoms with Crippen molar-refractivity contribution in [2.75, 3.05) is 13.2 Å². The molecule has 14 heavy (non-hydrogen) atoms. The molecule has 3 nitrogen and oxygen atoms in total. The molecule has 1 saturated carbocycles. The van der Waals surface area contributed by atoms with Gasteiger partial charge in [-0.15, -0.1) is 0 Å². The summed E-state index contributed by atoms with van der Waals surface area (Å²) in [6, 6.07) is 0. The maximum atomic E-state index is 11.9. The minimum absolute atomic E-state index is 0.164. The van der Waals surface area contributed by atoms with Crippen LogP contribution in [0.5, 0.6) is 0 Å². The van der Waals surface area contributed by atoms with Crippen LogP contribution in [0.4, 0.5) is 0 Å². The van der Waals surface area contributed by atoms with E-state index in [1.807, 2.05) is 0 Å². The Hall–Kier alpha value is -0.410. The first-order valence-electron chi connectivity index (χ1n) is 5.65. The number of ketones is 1. The largest absolute Gasteiger partial charge is 0.341 e. The molecule has 1 heterocycles. The molecule has 1 saturated heterocycles. The molecule has 1 spiro atoms. The lowest BCUT2D eigenvalue weighted by Crippen LogP contribution is -2.39. The number of carbonyl (C=O) groups is 1. The summed E-state index contributed by atoms with van der Waals surface area (Å²) < 4.78 is 11.0. The molecule has 0 aromatic carbocycles. The number of Topliss-reactive ketones (excluding diaryl/α,β-unsaturated/α-hetero) is 1. The summed E-state index contributed by atoms with van der Waals surface area (Å²) in [6.07, 6.45) is 7.03. The Morgan fingerprint density at radius 1 is 0.929 bits per heavy atom. The van der Waals surface area contributed by atoms with Gasteiger partial charge in [0.25, 0.3) is 0 Å². The Kier molecular flexibility index (Phi) is 3.19. The quantitative estimate of drug-likeness (QED) is 0.597. The molecule has 0 bridgehead atoms. The summed E-state index contributed by atoms with van der Waals surface area (Å²) in [5.41, 5.74) is 0. The van der Waals surface area contributed by atoms with Crippen molar-refractivity contribution in [1.29, 1.82) is 0 Å². The van der Waals surface area contributed by atoms with E-state index in [0.717, 1.165) is 19.3 Å². The van der Waals surface area contributed by atoms with Gasteiger partial charge in [-0.1, -0.05) is 19.3 Å². The molecule has 3 heteroatoms. The van der Waals surface area contributed by atoms with Gasteiger partial charge in [-0.2, -0.15) is 0 Å². The Labute approximate surface area is 84.8 Å². The molecule has 0 radical (unpaired) electrons. The van der Waals surface area contributed by atoms with E-state index < -0.39 is 5.79 Å². The first kappa shape index (κ1) is 10.1. The van der Waals surface area contributed by atoms with Crippen LogP contribution >= 0.6 is 0 Å². The van der Waals surface area contributed by atoms with E-state index in [0.29, 0.717) is 19.6 Å². The van der Waals surface area contributed by atoms with E-state index in [1.54, 1.807) is 0 Å². The Balaban J connectivity index is 2.05. The third-order valence-corrected chi connectivity index (χ3v) is 3.09. The molecular formula is C11H18O3. The van der Waals surface area contributed by atoms with Gasteiger partial charge in [-0.25, -0.2) is 0 Å². The zero-order chi connectivity index (χ0) is 9.86. The van der Waals surface area contributed by atoms with Gasteiger partial charge in [0.15, 0.2) is 5.78 Å². The Morgan fingerprint density at radius 3 is 2.36 bits per heavy atom. The predicted octanol–water partition coefficient (Wildman–Crippen LogP) is 2.04. The maximum Gasteiger partial charge on any atom is 0.229 e. The Bertz CT molecular complexity index is 207. The van der Waals surface area contributed by atoms with Gasteiger partial charge in [0, 0.05) is 12.8 Å². The standard InChI is InChI=1S/C11H18O3/c12-10-6-4-2-1-3-5-7-11(10)13-8-9-14-11/h1-9H2. The average Bonchev–Trinajstić information content (AvgIpc) is 2.67. The molecule has 0 amide bonds. The first-order valence-corrected chi connectivity index (χ1v) is 5.65. The highest BCUT2D eigenvalue weighted by Crippen LogP contribution is 2.30. The fraction of sp³-hybridized carbons (Fsp3) is 0.909. The molecule has 0 atom stereocenters. The van der Waals surface area contributed by atoms with Crippen molar-refractivity contribution >= 4 is 5.78 Å². The van der Waals surface area contributed by atoms with Crippen LogP contribution in [-0.2, 0) is 14.3 Å². The van der Waals surface area contributed by atoms with Crippen molar-refractivity contribution in [2.45, 2.75) is 50.7 Å². The normalized spacial score (nSPS) is 28.4. The lowest BCUT2D eigenvalue weighted by molar-refractivity contribution is -0.183. The molecule has 2 aliphatic rings. The summed E-state index contributed by atoms with van der Waals surface area (Å²) in [6.45, 7) is 1.15. The number of rotatable bonds is 0. The summed E-state index contributed by atoms with van der Waals surface area (Å²) in [7, 11) is 0. The van der Waals surface area contributed by atoms with Crippen molar-refractivity contribution in [3.8, 4) is 0 Å². The molecule has 1 aliphatic carbocycles. The van der Waals surface area contributed by atoms with E-state index in [4.69, 9.17) is 9.47 Å². The molecule has 0 N–H and O–H groups in total. The second-order valence-electron chi connectivity index (χ2n) is 4.14. The van der Waals surface area contributed by atoms with Crippen molar-refractivity contribution in [1.82, 2.24) is 0 Å². The van der Waals surface area contributed by atoms with Crippen LogP contribution in [0.1, 0.15) is 44.9 Å². The fourth-order valence-corrected chi connectivity index (χ4v) is 2.26. The fourth-order valence-electron chi connectivity index (χ4n) is 2.26. The van der Waals surface area contributed by atoms with Crippen molar-refractivity contribution in [3.63, 3.8) is 0 Å². The third kappa shape index (κ3) is 1.98. The predicted molar refractivity (Wildman–Crippen MR) is 52.0 cm³/mol. The van der Waals surface area contributed by atoms with E-state index >= 15 is 0 Å². The van der Waals surface area contributed by atoms with Crippen molar-refractivity contribution in [2.24, 2.45) is 0 Å². The number of ether oxygens (including phenoxy) is 2. The van der Waals surface area contributed by atoms with Crippen LogP contribution in [0.2, 0.25) is 0 Å². The van der Waals surface area contributed by atoms with Crippen molar-refractivity contribution < 1.29 is 14.3 Å². The lowest BCUT2D eigenvalue weighted by atomic mass is 10.0. The Morgan fingerprint density at radius 2 is 1.57 bits per heavy atom. The van der Waals surface area contributed by atoms with Crippen LogP contribution in [0.15, 0.2) is 0 Å². The van der Waals surface area contributed by atoms with Gasteiger partial charge in [-0.3, -0.25) is 4.79 Å². The SMILES string of the molecule is O=C1CCCCCCCC12OCCO2. The molecule has 1 aliphatic heterocycles. The van der Waals surface area contributed by atoms with Crippen LogP contribution < -0.4 is 0 Å². The second-order valence-corrected chi connectivity index (χ2v) is 4.14. The van der Waals surface area contributed by atoms with Gasteiger partial charge in [0.05, 0.1) is 13.2 Å². The average molecular weight is 198 g/mol. The topological polar surface area (TPSA) is 35.5 Å². The highest BCUT2D eigenvalue weighted by atomic mass is 16.7. The monoisotopic (exact) mass is 198 g/mol. The zero-order valence-corrected chi connectivity index (χ0v) is 8.59. The summed E-state index contributed by atoms with van der Waals surface area (Å²) in [4.78, 5) is 11.9. The number of hydrogen-bond donors (Lipinski definition) is 0. The minimum Gasteiger partial charge on any atom is -0.341 e. The lowest BCUT2D eigenvalue weighted by Gasteiger charge is -2.24. The molecule has 0 unspecified atom stereocenters. The van der Waals surface area contributed by atoms with Crippen molar-refractivity contribution in [3.05, 3.63) is 0 Å². The maximum absolute atomic E-state index is 11.9. The van der Waals surface area contributed by atoms with E-state index in [2.05, 4.69) is 0 Å². The van der Waals surface area contributed by atoms with Gasteiger partial charge in [-0.05, 0) is 12.8 Å². The molecule has 0 aromatic heterocycles. The van der Waals surface area contributed by atoms with Gasteiger partial charge in [0.1, 0.15) is 0 Å². The zero-order valence-electron chi connectivity index (χ0n) is 8.59. The highest BCUT2D eigenvalue weighted by molar-refractivity contribution is 5.86. The van der Waals surface area contributed by atoms with E-state index in [9.17, 15) is 4.79 Å². The van der Waals surface area contributed by atoms with Gasteiger partial charge < -0.3 is 9.47 Å². The first-order chi connectivity index (χ1) is 6.83. The van der Waals surface area contributed by atoms with Gasteiger partial charge in [0.2, 0.25) is 5.79 Å². The molecule has 0 aromatic rings. The van der Waals surface area contributed by atoms with Crippen LogP contribution in [0.3, 0.4) is 0 Å². The molecule has 80 valence electrons. The molecular weight excluding hydrogens is 180 g/mol. The van der Waals surface area contributed by atoms with Gasteiger partial charge >= 0.3 is 0 Å². The molecule has 2 rings (SSSR count). The third-order valence-electron chi connectivity index (χ3n) is 3.09. The molecule has 2 fully saturated rings. The van der Waals surface area contributed by atoms with E-state index in [-0.39, 0.29) is 5.78 Å². The summed E-state index contributed by atoms with van der Waals surface area (Å²) in [5.74, 6) is -0.679. The minimum atomic E-state index is -0.843. The summed E-state index contributed by atoms with van der Waals surface area (Å²) >= 11 is 0. The number of hydrogen-bond acceptors (Lipinski definition) is 3. The second kappa shape index (κ2) is 4.41. The summed E-state index contributed by atoms with van der Waals surface area (Å²) in [5, 5.41) is 0. The highest BCUT2D eigenvalue weighted by Gasteiger charge is 2.42. The van der Waals surface area contributed by atoms with Crippen LogP contribution in [-0.4, -0.2) is 24.8 Å².